The van der Waals surface area contributed by atoms with Gasteiger partial charge in [-0.1, -0.05) is 12.1 Å². The van der Waals surface area contributed by atoms with Gasteiger partial charge in [0.15, 0.2) is 0 Å². The van der Waals surface area contributed by atoms with Gasteiger partial charge in [-0.05, 0) is 44.0 Å². The highest BCUT2D eigenvalue weighted by Crippen LogP contribution is 2.21. The predicted octanol–water partition coefficient (Wildman–Crippen LogP) is 3.40. The third-order valence-electron chi connectivity index (χ3n) is 1.68. The summed E-state index contributed by atoms with van der Waals surface area (Å²) in [7, 11) is 0. The molecule has 0 radical (unpaired) electrons. The first-order valence-corrected chi connectivity index (χ1v) is 5.30. The van der Waals surface area contributed by atoms with E-state index in [1.807, 2.05) is 35.0 Å². The summed E-state index contributed by atoms with van der Waals surface area (Å²) in [6.07, 6.45) is 3.68. The van der Waals surface area contributed by atoms with Crippen molar-refractivity contribution in [2.75, 3.05) is 0 Å². The summed E-state index contributed by atoms with van der Waals surface area (Å²) < 4.78 is 3.84. The van der Waals surface area contributed by atoms with Gasteiger partial charge < -0.3 is 4.57 Å². The molecular formula is C9H6Br2N2. The molecule has 0 spiro atoms. The van der Waals surface area contributed by atoms with Crippen LogP contribution in [-0.4, -0.2) is 9.55 Å². The van der Waals surface area contributed by atoms with Crippen molar-refractivity contribution in [3.63, 3.8) is 0 Å². The first-order valence-electron chi connectivity index (χ1n) is 3.72. The Morgan fingerprint density at radius 3 is 2.54 bits per heavy atom. The van der Waals surface area contributed by atoms with E-state index >= 15 is 0 Å². The van der Waals surface area contributed by atoms with Crippen LogP contribution in [0.5, 0.6) is 0 Å². The predicted molar refractivity (Wildman–Crippen MR) is 59.0 cm³/mol. The molecule has 1 aromatic heterocycles. The Morgan fingerprint density at radius 2 is 1.92 bits per heavy atom. The van der Waals surface area contributed by atoms with Crippen molar-refractivity contribution in [2.45, 2.75) is 0 Å². The monoisotopic (exact) mass is 300 g/mol. The number of para-hydroxylation sites is 1. The summed E-state index contributed by atoms with van der Waals surface area (Å²) in [5.41, 5.74) is 1.08. The largest absolute Gasteiger partial charge is 0.304 e. The Balaban J connectivity index is 2.52. The number of halogens is 2. The van der Waals surface area contributed by atoms with Crippen LogP contribution in [0.25, 0.3) is 5.69 Å². The van der Waals surface area contributed by atoms with Crippen molar-refractivity contribution < 1.29 is 0 Å². The zero-order valence-corrected chi connectivity index (χ0v) is 9.79. The summed E-state index contributed by atoms with van der Waals surface area (Å²) in [5, 5.41) is 0. The summed E-state index contributed by atoms with van der Waals surface area (Å²) in [6.45, 7) is 0. The van der Waals surface area contributed by atoms with Crippen molar-refractivity contribution in [2.24, 2.45) is 0 Å². The molecule has 0 atom stereocenters. The second kappa shape index (κ2) is 3.64. The average molecular weight is 302 g/mol. The molecule has 0 aliphatic carbocycles. The van der Waals surface area contributed by atoms with E-state index in [0.717, 1.165) is 14.8 Å². The first-order chi connectivity index (χ1) is 6.27. The lowest BCUT2D eigenvalue weighted by molar-refractivity contribution is 1.05. The van der Waals surface area contributed by atoms with Gasteiger partial charge in [0.2, 0.25) is 0 Å². The van der Waals surface area contributed by atoms with E-state index in [1.54, 1.807) is 6.33 Å². The van der Waals surface area contributed by atoms with Gasteiger partial charge in [-0.25, -0.2) is 4.98 Å². The van der Waals surface area contributed by atoms with Crippen LogP contribution in [-0.2, 0) is 0 Å². The number of rotatable bonds is 1. The van der Waals surface area contributed by atoms with Gasteiger partial charge in [-0.3, -0.25) is 0 Å². The van der Waals surface area contributed by atoms with Crippen molar-refractivity contribution in [3.05, 3.63) is 45.9 Å². The second-order valence-electron chi connectivity index (χ2n) is 2.56. The van der Waals surface area contributed by atoms with Crippen molar-refractivity contribution >= 4 is 31.9 Å². The molecule has 1 aromatic carbocycles. The lowest BCUT2D eigenvalue weighted by Crippen LogP contribution is -1.89. The number of nitrogens with zero attached hydrogens (tertiary/aromatic N) is 2. The molecule has 0 fully saturated rings. The standard InChI is InChI=1S/C9H6Br2N2/c10-7-3-1-2-4-8(7)13-5-9(11)12-6-13/h1-6H. The van der Waals surface area contributed by atoms with Crippen molar-refractivity contribution in [1.29, 1.82) is 0 Å². The van der Waals surface area contributed by atoms with E-state index in [1.165, 1.54) is 0 Å². The Morgan fingerprint density at radius 1 is 1.15 bits per heavy atom. The number of hydrogen-bond donors (Lipinski definition) is 0. The van der Waals surface area contributed by atoms with Crippen LogP contribution < -0.4 is 0 Å². The molecule has 0 N–H and O–H groups in total. The molecule has 2 rings (SSSR count). The van der Waals surface area contributed by atoms with E-state index < -0.39 is 0 Å². The van der Waals surface area contributed by atoms with Gasteiger partial charge in [0.25, 0.3) is 0 Å². The molecule has 0 unspecified atom stereocenters. The highest BCUT2D eigenvalue weighted by molar-refractivity contribution is 9.10. The second-order valence-corrected chi connectivity index (χ2v) is 4.22. The first kappa shape index (κ1) is 8.97. The molecule has 2 aromatic rings. The number of hydrogen-bond acceptors (Lipinski definition) is 1. The van der Waals surface area contributed by atoms with Crippen LogP contribution in [0.1, 0.15) is 0 Å². The molecule has 0 saturated heterocycles. The maximum Gasteiger partial charge on any atom is 0.124 e. The minimum Gasteiger partial charge on any atom is -0.304 e. The van der Waals surface area contributed by atoms with Gasteiger partial charge in [0.05, 0.1) is 5.69 Å². The van der Waals surface area contributed by atoms with Crippen LogP contribution in [0.2, 0.25) is 0 Å². The zero-order valence-electron chi connectivity index (χ0n) is 6.61. The maximum atomic E-state index is 4.09. The highest BCUT2D eigenvalue weighted by atomic mass is 79.9. The normalized spacial score (nSPS) is 10.3. The highest BCUT2D eigenvalue weighted by Gasteiger charge is 2.01. The topological polar surface area (TPSA) is 17.8 Å². The van der Waals surface area contributed by atoms with E-state index in [4.69, 9.17) is 0 Å². The minimum absolute atomic E-state index is 0.836. The lowest BCUT2D eigenvalue weighted by atomic mass is 10.3. The maximum absolute atomic E-state index is 4.09. The summed E-state index contributed by atoms with van der Waals surface area (Å²) in [6, 6.07) is 8.01. The van der Waals surface area contributed by atoms with Gasteiger partial charge in [0, 0.05) is 10.7 Å². The molecular weight excluding hydrogens is 296 g/mol. The smallest absolute Gasteiger partial charge is 0.124 e. The average Bonchev–Trinajstić information content (AvgIpc) is 2.53. The van der Waals surface area contributed by atoms with Crippen LogP contribution in [0.4, 0.5) is 0 Å². The van der Waals surface area contributed by atoms with Crippen LogP contribution in [0.3, 0.4) is 0 Å². The van der Waals surface area contributed by atoms with E-state index in [9.17, 15) is 0 Å². The third-order valence-corrected chi connectivity index (χ3v) is 2.76. The van der Waals surface area contributed by atoms with Crippen LogP contribution in [0, 0.1) is 0 Å². The van der Waals surface area contributed by atoms with Crippen LogP contribution >= 0.6 is 31.9 Å². The fourth-order valence-electron chi connectivity index (χ4n) is 1.09. The molecule has 66 valence electrons. The Bertz CT molecular complexity index is 423. The van der Waals surface area contributed by atoms with Gasteiger partial charge in [-0.15, -0.1) is 0 Å². The fourth-order valence-corrected chi connectivity index (χ4v) is 1.89. The van der Waals surface area contributed by atoms with E-state index in [0.29, 0.717) is 0 Å². The molecule has 13 heavy (non-hydrogen) atoms. The number of imidazole rings is 1. The third kappa shape index (κ3) is 1.84. The fraction of sp³-hybridized carbons (Fsp3) is 0. The molecule has 0 saturated carbocycles. The van der Waals surface area contributed by atoms with Crippen LogP contribution in [0.15, 0.2) is 45.9 Å². The molecule has 0 aliphatic heterocycles. The van der Waals surface area contributed by atoms with Crippen molar-refractivity contribution in [1.82, 2.24) is 9.55 Å². The molecule has 1 heterocycles. The van der Waals surface area contributed by atoms with Gasteiger partial charge in [0.1, 0.15) is 10.9 Å². The Labute approximate surface area is 92.9 Å². The van der Waals surface area contributed by atoms with E-state index in [2.05, 4.69) is 36.8 Å². The van der Waals surface area contributed by atoms with Gasteiger partial charge >= 0.3 is 0 Å². The number of benzene rings is 1. The molecule has 0 amide bonds. The SMILES string of the molecule is Brc1cn(-c2ccccc2Br)cn1. The van der Waals surface area contributed by atoms with Crippen molar-refractivity contribution in [3.8, 4) is 5.69 Å². The lowest BCUT2D eigenvalue weighted by Gasteiger charge is -2.03. The summed E-state index contributed by atoms with van der Waals surface area (Å²) >= 11 is 6.79. The zero-order chi connectivity index (χ0) is 9.26. The Kier molecular flexibility index (Phi) is 2.51. The van der Waals surface area contributed by atoms with Gasteiger partial charge in [-0.2, -0.15) is 0 Å². The summed E-state index contributed by atoms with van der Waals surface area (Å²) in [5.74, 6) is 0. The Hall–Kier alpha value is -0.610. The quantitative estimate of drug-likeness (QED) is 0.789. The molecule has 0 aliphatic rings. The minimum atomic E-state index is 0.836. The summed E-state index contributed by atoms with van der Waals surface area (Å²) in [4.78, 5) is 4.09. The van der Waals surface area contributed by atoms with E-state index in [-0.39, 0.29) is 0 Å². The molecule has 2 nitrogen and oxygen atoms in total. The molecule has 4 heteroatoms. The molecule has 0 bridgehead atoms. The number of aromatic nitrogens is 2.